The first kappa shape index (κ1) is 15.7. The van der Waals surface area contributed by atoms with Gasteiger partial charge in [-0.05, 0) is 12.0 Å². The molecule has 0 atom stereocenters. The van der Waals surface area contributed by atoms with E-state index in [1.807, 2.05) is 30.3 Å². The van der Waals surface area contributed by atoms with Gasteiger partial charge >= 0.3 is 6.09 Å². The zero-order valence-electron chi connectivity index (χ0n) is 11.3. The third-order valence-corrected chi connectivity index (χ3v) is 3.90. The van der Waals surface area contributed by atoms with Gasteiger partial charge in [0.1, 0.15) is 6.61 Å². The van der Waals surface area contributed by atoms with Gasteiger partial charge in [-0.25, -0.2) is 4.79 Å². The smallest absolute Gasteiger partial charge is 0.408 e. The largest absolute Gasteiger partial charge is 0.445 e. The van der Waals surface area contributed by atoms with Crippen molar-refractivity contribution in [3.05, 3.63) is 35.9 Å². The number of rotatable bonds is 6. The number of benzene rings is 1. The van der Waals surface area contributed by atoms with Crippen molar-refractivity contribution in [2.24, 2.45) is 0 Å². The summed E-state index contributed by atoms with van der Waals surface area (Å²) >= 11 is 0. The van der Waals surface area contributed by atoms with E-state index in [4.69, 9.17) is 14.0 Å². The van der Waals surface area contributed by atoms with Crippen LogP contribution < -0.4 is 5.32 Å². The predicted octanol–water partition coefficient (Wildman–Crippen LogP) is 0.960. The molecule has 7 nitrogen and oxygen atoms in total. The molecule has 0 saturated carbocycles. The lowest BCUT2D eigenvalue weighted by Gasteiger charge is -2.41. The summed E-state index contributed by atoms with van der Waals surface area (Å²) in [6, 6.07) is 9.19. The molecule has 2 N–H and O–H groups in total. The molecule has 21 heavy (non-hydrogen) atoms. The molecule has 0 spiro atoms. The number of carbonyl (C=O) groups excluding carboxylic acids is 1. The fraction of sp³-hybridized carbons (Fsp3) is 0.462. The fourth-order valence-electron chi connectivity index (χ4n) is 1.93. The predicted molar refractivity (Wildman–Crippen MR) is 74.3 cm³/mol. The molecular formula is C13H17NO6S. The Bertz CT molecular complexity index is 582. The molecule has 1 saturated heterocycles. The summed E-state index contributed by atoms with van der Waals surface area (Å²) in [5, 5.41) is 2.61. The Hall–Kier alpha value is -1.64. The first-order valence-electron chi connectivity index (χ1n) is 6.40. The first-order chi connectivity index (χ1) is 9.89. The second kappa shape index (κ2) is 6.42. The maximum Gasteiger partial charge on any atom is 0.408 e. The molecule has 1 aromatic rings. The van der Waals surface area contributed by atoms with E-state index < -0.39 is 27.5 Å². The summed E-state index contributed by atoms with van der Waals surface area (Å²) in [5.74, 6) is -0.435. The molecule has 0 aromatic heterocycles. The van der Waals surface area contributed by atoms with Crippen molar-refractivity contribution in [3.8, 4) is 0 Å². The Morgan fingerprint density at radius 3 is 2.52 bits per heavy atom. The van der Waals surface area contributed by atoms with Crippen molar-refractivity contribution in [1.82, 2.24) is 5.32 Å². The molecule has 1 aliphatic heterocycles. The summed E-state index contributed by atoms with van der Waals surface area (Å²) < 4.78 is 40.4. The van der Waals surface area contributed by atoms with Crippen LogP contribution >= 0.6 is 0 Å². The Labute approximate surface area is 123 Å². The van der Waals surface area contributed by atoms with Gasteiger partial charge in [0.05, 0.1) is 24.5 Å². The van der Waals surface area contributed by atoms with Crippen LogP contribution in [0.4, 0.5) is 4.79 Å². The van der Waals surface area contributed by atoms with E-state index in [0.29, 0.717) is 0 Å². The lowest BCUT2D eigenvalue weighted by molar-refractivity contribution is -0.0734. The minimum absolute atomic E-state index is 0.0757. The van der Waals surface area contributed by atoms with Crippen LogP contribution in [0.25, 0.3) is 0 Å². The van der Waals surface area contributed by atoms with Crippen LogP contribution in [0.15, 0.2) is 30.3 Å². The normalized spacial score (nSPS) is 16.8. The zero-order chi connectivity index (χ0) is 15.3. The van der Waals surface area contributed by atoms with Gasteiger partial charge in [-0.15, -0.1) is 0 Å². The molecule has 1 aromatic carbocycles. The second-order valence-corrected chi connectivity index (χ2v) is 6.57. The molecule has 0 aliphatic carbocycles. The molecule has 116 valence electrons. The number of hydrogen-bond acceptors (Lipinski definition) is 5. The summed E-state index contributed by atoms with van der Waals surface area (Å²) in [4.78, 5) is 11.7. The quantitative estimate of drug-likeness (QED) is 0.758. The maximum absolute atomic E-state index is 11.7. The number of ether oxygens (including phenoxy) is 2. The number of hydrogen-bond donors (Lipinski definition) is 2. The molecule has 0 radical (unpaired) electrons. The van der Waals surface area contributed by atoms with E-state index >= 15 is 0 Å². The highest BCUT2D eigenvalue weighted by Crippen LogP contribution is 2.22. The Morgan fingerprint density at radius 1 is 1.33 bits per heavy atom. The lowest BCUT2D eigenvalue weighted by Crippen LogP contribution is -2.62. The van der Waals surface area contributed by atoms with Crippen molar-refractivity contribution in [1.29, 1.82) is 0 Å². The van der Waals surface area contributed by atoms with Gasteiger partial charge in [-0.2, -0.15) is 8.42 Å². The average molecular weight is 315 g/mol. The molecular weight excluding hydrogens is 298 g/mol. The molecule has 1 fully saturated rings. The Kier molecular flexibility index (Phi) is 4.81. The highest BCUT2D eigenvalue weighted by atomic mass is 32.2. The summed E-state index contributed by atoms with van der Waals surface area (Å²) in [5.41, 5.74) is 0.0633. The Balaban J connectivity index is 1.82. The van der Waals surface area contributed by atoms with Gasteiger partial charge in [0.15, 0.2) is 0 Å². The third kappa shape index (κ3) is 5.00. The molecule has 8 heteroatoms. The monoisotopic (exact) mass is 315 g/mol. The van der Waals surface area contributed by atoms with E-state index in [1.165, 1.54) is 0 Å². The first-order valence-corrected chi connectivity index (χ1v) is 8.01. The van der Waals surface area contributed by atoms with Gasteiger partial charge in [0.2, 0.25) is 0 Å². The van der Waals surface area contributed by atoms with Gasteiger partial charge in [-0.3, -0.25) is 4.55 Å². The highest BCUT2D eigenvalue weighted by Gasteiger charge is 2.41. The summed E-state index contributed by atoms with van der Waals surface area (Å²) in [7, 11) is -4.07. The molecule has 0 unspecified atom stereocenters. The molecule has 1 aliphatic rings. The van der Waals surface area contributed by atoms with E-state index in [0.717, 1.165) is 5.56 Å². The van der Waals surface area contributed by atoms with Gasteiger partial charge in [0, 0.05) is 0 Å². The standard InChI is InChI=1S/C13H17NO6S/c15-12(20-8-11-4-2-1-3-5-11)14-13(9-19-10-13)6-7-21(16,17)18/h1-5H,6-10H2,(H,14,15)(H,16,17,18). The molecule has 1 amide bonds. The van der Waals surface area contributed by atoms with Crippen LogP contribution in [-0.4, -0.2) is 43.6 Å². The number of carbonyl (C=O) groups is 1. The van der Waals surface area contributed by atoms with Crippen LogP contribution in [0.2, 0.25) is 0 Å². The lowest BCUT2D eigenvalue weighted by atomic mass is 9.94. The SMILES string of the molecule is O=C(NC1(CCS(=O)(=O)O)COC1)OCc1ccccc1. The second-order valence-electron chi connectivity index (χ2n) is 5.00. The minimum atomic E-state index is -4.07. The van der Waals surface area contributed by atoms with E-state index in [-0.39, 0.29) is 26.2 Å². The van der Waals surface area contributed by atoms with E-state index in [2.05, 4.69) is 5.32 Å². The van der Waals surface area contributed by atoms with Gasteiger partial charge < -0.3 is 14.8 Å². The maximum atomic E-state index is 11.7. The van der Waals surface area contributed by atoms with Crippen LogP contribution in [0, 0.1) is 0 Å². The van der Waals surface area contributed by atoms with Gasteiger partial charge in [0.25, 0.3) is 10.1 Å². The topological polar surface area (TPSA) is 102 Å². The Morgan fingerprint density at radius 2 is 2.00 bits per heavy atom. The highest BCUT2D eigenvalue weighted by molar-refractivity contribution is 7.85. The van der Waals surface area contributed by atoms with Crippen LogP contribution in [-0.2, 0) is 26.2 Å². The molecule has 0 bridgehead atoms. The third-order valence-electron chi connectivity index (χ3n) is 3.18. The molecule has 2 rings (SSSR count). The van der Waals surface area contributed by atoms with E-state index in [1.54, 1.807) is 0 Å². The molecule has 1 heterocycles. The van der Waals surface area contributed by atoms with Crippen LogP contribution in [0.1, 0.15) is 12.0 Å². The van der Waals surface area contributed by atoms with Gasteiger partial charge in [-0.1, -0.05) is 30.3 Å². The number of amides is 1. The van der Waals surface area contributed by atoms with Crippen molar-refractivity contribution < 1.29 is 27.2 Å². The minimum Gasteiger partial charge on any atom is -0.445 e. The number of nitrogens with one attached hydrogen (secondary N) is 1. The summed E-state index contributed by atoms with van der Waals surface area (Å²) in [6.07, 6.45) is -0.566. The number of alkyl carbamates (subject to hydrolysis) is 1. The summed E-state index contributed by atoms with van der Waals surface area (Å²) in [6.45, 7) is 0.522. The fourth-order valence-corrected chi connectivity index (χ4v) is 2.58. The van der Waals surface area contributed by atoms with Crippen molar-refractivity contribution in [2.75, 3.05) is 19.0 Å². The zero-order valence-corrected chi connectivity index (χ0v) is 12.1. The van der Waals surface area contributed by atoms with Crippen LogP contribution in [0.5, 0.6) is 0 Å². The van der Waals surface area contributed by atoms with Crippen molar-refractivity contribution in [2.45, 2.75) is 18.6 Å². The van der Waals surface area contributed by atoms with E-state index in [9.17, 15) is 13.2 Å². The van der Waals surface area contributed by atoms with Crippen LogP contribution in [0.3, 0.4) is 0 Å². The van der Waals surface area contributed by atoms with Crippen molar-refractivity contribution in [3.63, 3.8) is 0 Å². The average Bonchev–Trinajstić information content (AvgIpc) is 2.39. The van der Waals surface area contributed by atoms with Crippen molar-refractivity contribution >= 4 is 16.2 Å².